The molecule has 98 valence electrons. The highest BCUT2D eigenvalue weighted by Gasteiger charge is 2.30. The Morgan fingerprint density at radius 3 is 2.50 bits per heavy atom. The van der Waals surface area contributed by atoms with Crippen LogP contribution in [-0.2, 0) is 6.54 Å². The number of fused-ring (bicyclic) bond motifs is 1. The minimum atomic E-state index is -4.48. The van der Waals surface area contributed by atoms with Crippen LogP contribution in [0.2, 0.25) is 0 Å². The van der Waals surface area contributed by atoms with Gasteiger partial charge in [-0.05, 0) is 29.5 Å². The summed E-state index contributed by atoms with van der Waals surface area (Å²) in [6.07, 6.45) is -4.48. The second-order valence-electron chi connectivity index (χ2n) is 3.71. The van der Waals surface area contributed by atoms with E-state index in [0.29, 0.717) is 0 Å². The molecule has 18 heavy (non-hydrogen) atoms. The van der Waals surface area contributed by atoms with Crippen LogP contribution in [0.15, 0.2) is 6.07 Å². The Kier molecular flexibility index (Phi) is 3.24. The monoisotopic (exact) mass is 376 g/mol. The lowest BCUT2D eigenvalue weighted by atomic mass is 10.3. The largest absolute Gasteiger partial charge is 0.406 e. The third kappa shape index (κ3) is 2.29. The van der Waals surface area contributed by atoms with Crippen LogP contribution < -0.4 is 0 Å². The fourth-order valence-corrected chi connectivity index (χ4v) is 2.07. The summed E-state index contributed by atoms with van der Waals surface area (Å²) >= 11 is 1.44. The van der Waals surface area contributed by atoms with Crippen LogP contribution in [-0.4, -0.2) is 15.7 Å². The number of benzene rings is 1. The summed E-state index contributed by atoms with van der Waals surface area (Å²) < 4.78 is 64.6. The number of nitrogens with zero attached hydrogens (tertiary/aromatic N) is 2. The zero-order valence-corrected chi connectivity index (χ0v) is 11.1. The van der Waals surface area contributed by atoms with Gasteiger partial charge in [0.1, 0.15) is 23.7 Å². The number of alkyl halides is 3. The van der Waals surface area contributed by atoms with Crippen molar-refractivity contribution in [2.24, 2.45) is 0 Å². The van der Waals surface area contributed by atoms with Gasteiger partial charge in [0.2, 0.25) is 0 Å². The molecule has 0 bridgehead atoms. The lowest BCUT2D eigenvalue weighted by Crippen LogP contribution is -2.18. The zero-order chi connectivity index (χ0) is 13.7. The van der Waals surface area contributed by atoms with Crippen molar-refractivity contribution in [3.63, 3.8) is 0 Å². The van der Waals surface area contributed by atoms with Gasteiger partial charge in [0, 0.05) is 6.07 Å². The quantitative estimate of drug-likeness (QED) is 0.421. The first-order valence-electron chi connectivity index (χ1n) is 4.78. The average molecular weight is 376 g/mol. The van der Waals surface area contributed by atoms with E-state index in [1.165, 1.54) is 29.5 Å². The van der Waals surface area contributed by atoms with Crippen molar-refractivity contribution < 1.29 is 22.0 Å². The van der Waals surface area contributed by atoms with Crippen LogP contribution in [0.25, 0.3) is 11.0 Å². The molecule has 2 nitrogen and oxygen atoms in total. The van der Waals surface area contributed by atoms with Crippen LogP contribution in [0.3, 0.4) is 0 Å². The van der Waals surface area contributed by atoms with E-state index in [9.17, 15) is 22.0 Å². The van der Waals surface area contributed by atoms with E-state index < -0.39 is 24.4 Å². The number of aryl methyl sites for hydroxylation is 1. The second kappa shape index (κ2) is 4.32. The molecule has 1 aromatic heterocycles. The van der Waals surface area contributed by atoms with Gasteiger partial charge in [0.25, 0.3) is 0 Å². The Bertz CT molecular complexity index is 617. The van der Waals surface area contributed by atoms with Gasteiger partial charge in [-0.25, -0.2) is 13.8 Å². The highest BCUT2D eigenvalue weighted by Crippen LogP contribution is 2.28. The van der Waals surface area contributed by atoms with Crippen molar-refractivity contribution >= 4 is 33.6 Å². The molecule has 0 aliphatic carbocycles. The van der Waals surface area contributed by atoms with Crippen LogP contribution in [0.1, 0.15) is 5.82 Å². The van der Waals surface area contributed by atoms with Crippen molar-refractivity contribution in [3.8, 4) is 0 Å². The number of halogens is 6. The van der Waals surface area contributed by atoms with Gasteiger partial charge in [0.05, 0.1) is 9.09 Å². The molecule has 0 aliphatic rings. The molecule has 2 rings (SSSR count). The molecule has 1 heterocycles. The number of hydrogen-bond donors (Lipinski definition) is 0. The summed E-state index contributed by atoms with van der Waals surface area (Å²) in [6.45, 7) is -0.00917. The second-order valence-corrected chi connectivity index (χ2v) is 4.79. The van der Waals surface area contributed by atoms with Gasteiger partial charge >= 0.3 is 6.18 Å². The van der Waals surface area contributed by atoms with Crippen molar-refractivity contribution in [1.82, 2.24) is 9.55 Å². The van der Waals surface area contributed by atoms with E-state index in [1.807, 2.05) is 0 Å². The van der Waals surface area contributed by atoms with E-state index in [0.717, 1.165) is 10.6 Å². The van der Waals surface area contributed by atoms with E-state index in [4.69, 9.17) is 0 Å². The number of hydrogen-bond acceptors (Lipinski definition) is 1. The maximum absolute atomic E-state index is 13.7. The standard InChI is InChI=1S/C10H6F5IN2/c1-4-17-9-6(18(4)3-10(13,14)15)2-5(11)8(16)7(9)12/h2H,3H2,1H3. The lowest BCUT2D eigenvalue weighted by molar-refractivity contribution is -0.140. The van der Waals surface area contributed by atoms with E-state index in [1.54, 1.807) is 0 Å². The molecular weight excluding hydrogens is 370 g/mol. The van der Waals surface area contributed by atoms with Gasteiger partial charge in [-0.2, -0.15) is 13.2 Å². The van der Waals surface area contributed by atoms with Crippen molar-refractivity contribution in [1.29, 1.82) is 0 Å². The fraction of sp³-hybridized carbons (Fsp3) is 0.300. The van der Waals surface area contributed by atoms with Gasteiger partial charge in [-0.1, -0.05) is 0 Å². The van der Waals surface area contributed by atoms with Gasteiger partial charge in [-0.15, -0.1) is 0 Å². The minimum Gasteiger partial charge on any atom is -0.319 e. The molecule has 0 amide bonds. The maximum Gasteiger partial charge on any atom is 0.406 e. The molecule has 8 heteroatoms. The Hall–Kier alpha value is -0.930. The van der Waals surface area contributed by atoms with Crippen LogP contribution in [0.4, 0.5) is 22.0 Å². The third-order valence-electron chi connectivity index (χ3n) is 2.41. The summed E-state index contributed by atoms with van der Waals surface area (Å²) in [7, 11) is 0. The predicted octanol–water partition coefficient (Wildman–Crippen LogP) is 3.79. The zero-order valence-electron chi connectivity index (χ0n) is 8.95. The van der Waals surface area contributed by atoms with Gasteiger partial charge in [0.15, 0.2) is 5.82 Å². The average Bonchev–Trinajstić information content (AvgIpc) is 2.52. The Labute approximate surface area is 112 Å². The summed E-state index contributed by atoms with van der Waals surface area (Å²) in [6, 6.07) is 0.867. The van der Waals surface area contributed by atoms with Crippen LogP contribution in [0, 0.1) is 22.1 Å². The van der Waals surface area contributed by atoms with E-state index >= 15 is 0 Å². The van der Waals surface area contributed by atoms with E-state index in [2.05, 4.69) is 4.98 Å². The molecule has 0 spiro atoms. The normalized spacial score (nSPS) is 12.4. The van der Waals surface area contributed by atoms with Gasteiger partial charge in [-0.3, -0.25) is 0 Å². The molecule has 0 N–H and O–H groups in total. The Morgan fingerprint density at radius 1 is 1.33 bits per heavy atom. The Morgan fingerprint density at radius 2 is 1.94 bits per heavy atom. The lowest BCUT2D eigenvalue weighted by Gasteiger charge is -2.10. The summed E-state index contributed by atoms with van der Waals surface area (Å²) in [4.78, 5) is 3.72. The predicted molar refractivity (Wildman–Crippen MR) is 63.2 cm³/mol. The smallest absolute Gasteiger partial charge is 0.319 e. The summed E-state index contributed by atoms with van der Waals surface area (Å²) in [5.74, 6) is -1.85. The highest BCUT2D eigenvalue weighted by atomic mass is 127. The van der Waals surface area contributed by atoms with Crippen LogP contribution >= 0.6 is 22.6 Å². The van der Waals surface area contributed by atoms with Crippen LogP contribution in [0.5, 0.6) is 0 Å². The molecular formula is C10H6F5IN2. The molecule has 0 unspecified atom stereocenters. The fourth-order valence-electron chi connectivity index (χ4n) is 1.66. The molecule has 0 radical (unpaired) electrons. The van der Waals surface area contributed by atoms with E-state index in [-0.39, 0.29) is 20.4 Å². The van der Waals surface area contributed by atoms with Crippen molar-refractivity contribution in [2.75, 3.05) is 0 Å². The molecule has 2 aromatic rings. The molecule has 0 atom stereocenters. The Balaban J connectivity index is 2.72. The molecule has 0 aliphatic heterocycles. The summed E-state index contributed by atoms with van der Waals surface area (Å²) in [5, 5.41) is 0. The van der Waals surface area contributed by atoms with Gasteiger partial charge < -0.3 is 4.57 Å². The first-order valence-corrected chi connectivity index (χ1v) is 5.85. The van der Waals surface area contributed by atoms with Crippen molar-refractivity contribution in [2.45, 2.75) is 19.6 Å². The SMILES string of the molecule is Cc1nc2c(F)c(I)c(F)cc2n1CC(F)(F)F. The number of aromatic nitrogens is 2. The minimum absolute atomic E-state index is 0.0115. The molecule has 0 fully saturated rings. The first-order chi connectivity index (χ1) is 8.20. The number of imidazole rings is 1. The summed E-state index contributed by atoms with van der Waals surface area (Å²) in [5.41, 5.74) is -0.442. The molecule has 0 saturated heterocycles. The van der Waals surface area contributed by atoms with Crippen molar-refractivity contribution in [3.05, 3.63) is 27.1 Å². The maximum atomic E-state index is 13.7. The third-order valence-corrected chi connectivity index (χ3v) is 3.40. The first kappa shape index (κ1) is 13.5. The highest BCUT2D eigenvalue weighted by molar-refractivity contribution is 14.1. The molecule has 0 saturated carbocycles. The molecule has 1 aromatic carbocycles. The number of rotatable bonds is 1. The topological polar surface area (TPSA) is 17.8 Å².